The molecule has 0 unspecified atom stereocenters. The first-order valence-electron chi connectivity index (χ1n) is 9.26. The lowest BCUT2D eigenvalue weighted by Gasteiger charge is -2.32. The van der Waals surface area contributed by atoms with Crippen LogP contribution in [0.3, 0.4) is 0 Å². The number of rotatable bonds is 6. The lowest BCUT2D eigenvalue weighted by Crippen LogP contribution is -2.41. The number of hydrogen-bond donors (Lipinski definition) is 1. The second-order valence-corrected chi connectivity index (χ2v) is 9.09. The molecule has 0 aliphatic carbocycles. The summed E-state index contributed by atoms with van der Waals surface area (Å²) in [5.74, 6) is -1.05. The van der Waals surface area contributed by atoms with Crippen molar-refractivity contribution < 1.29 is 22.7 Å². The van der Waals surface area contributed by atoms with Crippen LogP contribution in [0.4, 0.5) is 0 Å². The molecule has 0 spiro atoms. The minimum absolute atomic E-state index is 0.0336. The minimum Gasteiger partial charge on any atom is -0.449 e. The van der Waals surface area contributed by atoms with E-state index in [2.05, 4.69) is 5.32 Å². The van der Waals surface area contributed by atoms with Gasteiger partial charge >= 0.3 is 5.97 Å². The Kier molecular flexibility index (Phi) is 7.00. The molecule has 7 nitrogen and oxygen atoms in total. The number of amides is 1. The lowest BCUT2D eigenvalue weighted by atomic mass is 10.1. The van der Waals surface area contributed by atoms with Gasteiger partial charge in [0.2, 0.25) is 10.0 Å². The summed E-state index contributed by atoms with van der Waals surface area (Å²) in [5, 5.41) is 2.67. The van der Waals surface area contributed by atoms with Crippen LogP contribution in [-0.2, 0) is 19.6 Å². The van der Waals surface area contributed by atoms with E-state index in [1.807, 2.05) is 20.8 Å². The Balaban J connectivity index is 2.08. The van der Waals surface area contributed by atoms with Gasteiger partial charge in [0.25, 0.3) is 5.91 Å². The molecule has 0 saturated carbocycles. The van der Waals surface area contributed by atoms with E-state index in [1.165, 1.54) is 35.5 Å². The van der Waals surface area contributed by atoms with Crippen LogP contribution in [0.1, 0.15) is 57.3 Å². The summed E-state index contributed by atoms with van der Waals surface area (Å²) < 4.78 is 32.3. The molecule has 1 saturated heterocycles. The summed E-state index contributed by atoms with van der Waals surface area (Å²) >= 11 is 0. The van der Waals surface area contributed by atoms with Crippen LogP contribution in [0, 0.1) is 0 Å². The number of sulfonamides is 1. The second-order valence-electron chi connectivity index (χ2n) is 7.20. The van der Waals surface area contributed by atoms with Crippen LogP contribution in [0.2, 0.25) is 0 Å². The van der Waals surface area contributed by atoms with Crippen molar-refractivity contribution in [1.82, 2.24) is 9.62 Å². The zero-order valence-electron chi connectivity index (χ0n) is 16.3. The second kappa shape index (κ2) is 8.84. The Morgan fingerprint density at radius 1 is 1.15 bits per heavy atom. The zero-order chi connectivity index (χ0) is 20.2. The van der Waals surface area contributed by atoms with Crippen LogP contribution < -0.4 is 5.32 Å². The molecule has 1 fully saturated rings. The first kappa shape index (κ1) is 21.4. The molecule has 0 radical (unpaired) electrons. The summed E-state index contributed by atoms with van der Waals surface area (Å²) in [7, 11) is -3.59. The number of nitrogens with zero attached hydrogens (tertiary/aromatic N) is 1. The van der Waals surface area contributed by atoms with Crippen molar-refractivity contribution in [2.24, 2.45) is 0 Å². The van der Waals surface area contributed by atoms with E-state index in [1.54, 1.807) is 0 Å². The molecule has 0 aromatic heterocycles. The Labute approximate surface area is 161 Å². The minimum atomic E-state index is -3.59. The third-order valence-corrected chi connectivity index (χ3v) is 6.55. The van der Waals surface area contributed by atoms with Gasteiger partial charge in [-0.3, -0.25) is 4.79 Å². The number of carbonyl (C=O) groups is 2. The molecule has 1 aliphatic rings. The molecule has 8 heteroatoms. The zero-order valence-corrected chi connectivity index (χ0v) is 17.1. The third-order valence-electron chi connectivity index (χ3n) is 4.52. The van der Waals surface area contributed by atoms with Gasteiger partial charge in [-0.2, -0.15) is 4.31 Å². The number of nitrogens with one attached hydrogen (secondary N) is 1. The molecule has 1 aromatic rings. The molecule has 2 atom stereocenters. The van der Waals surface area contributed by atoms with E-state index in [9.17, 15) is 18.0 Å². The molecule has 0 bridgehead atoms. The molecule has 1 N–H and O–H groups in total. The summed E-state index contributed by atoms with van der Waals surface area (Å²) in [6, 6.07) is 5.56. The SMILES string of the molecule is CC(C)NC(=O)[C@H](C)OC(=O)c1ccc(S(=O)(=O)N2CCCC[C@H]2C)cc1. The van der Waals surface area contributed by atoms with E-state index >= 15 is 0 Å². The van der Waals surface area contributed by atoms with E-state index in [0.29, 0.717) is 6.54 Å². The van der Waals surface area contributed by atoms with E-state index in [4.69, 9.17) is 4.74 Å². The Morgan fingerprint density at radius 2 is 1.78 bits per heavy atom. The van der Waals surface area contributed by atoms with Gasteiger partial charge in [-0.1, -0.05) is 6.42 Å². The maximum atomic E-state index is 12.8. The van der Waals surface area contributed by atoms with E-state index in [-0.39, 0.29) is 28.4 Å². The number of carbonyl (C=O) groups excluding carboxylic acids is 2. The molecule has 150 valence electrons. The van der Waals surface area contributed by atoms with Gasteiger partial charge in [-0.25, -0.2) is 13.2 Å². The molecule has 1 aromatic carbocycles. The van der Waals surface area contributed by atoms with Crippen molar-refractivity contribution in [1.29, 1.82) is 0 Å². The van der Waals surface area contributed by atoms with Crippen LogP contribution in [0.25, 0.3) is 0 Å². The van der Waals surface area contributed by atoms with Crippen LogP contribution >= 0.6 is 0 Å². The van der Waals surface area contributed by atoms with E-state index in [0.717, 1.165) is 19.3 Å². The molecular formula is C19H28N2O5S. The molecular weight excluding hydrogens is 368 g/mol. The fraction of sp³-hybridized carbons (Fsp3) is 0.579. The van der Waals surface area contributed by atoms with Gasteiger partial charge in [-0.15, -0.1) is 0 Å². The summed E-state index contributed by atoms with van der Waals surface area (Å²) in [4.78, 5) is 24.2. The average molecular weight is 397 g/mol. The van der Waals surface area contributed by atoms with Gasteiger partial charge in [0.15, 0.2) is 6.10 Å². The largest absolute Gasteiger partial charge is 0.449 e. The van der Waals surface area contributed by atoms with Crippen LogP contribution in [0.15, 0.2) is 29.2 Å². The number of piperidine rings is 1. The highest BCUT2D eigenvalue weighted by molar-refractivity contribution is 7.89. The predicted molar refractivity (Wildman–Crippen MR) is 102 cm³/mol. The Hall–Kier alpha value is -1.93. The van der Waals surface area contributed by atoms with Crippen LogP contribution in [-0.4, -0.2) is 49.3 Å². The Bertz CT molecular complexity index is 774. The standard InChI is InChI=1S/C19H28N2O5S/c1-13(2)20-18(22)15(4)26-19(23)16-8-10-17(11-9-16)27(24,25)21-12-6-5-7-14(21)3/h8-11,13-15H,5-7,12H2,1-4H3,(H,20,22)/t14-,15+/m1/s1. The highest BCUT2D eigenvalue weighted by Gasteiger charge is 2.31. The molecule has 1 amide bonds. The molecule has 1 heterocycles. The number of esters is 1. The first-order chi connectivity index (χ1) is 12.6. The highest BCUT2D eigenvalue weighted by atomic mass is 32.2. The van der Waals surface area contributed by atoms with Gasteiger partial charge < -0.3 is 10.1 Å². The third kappa shape index (κ3) is 5.29. The van der Waals surface area contributed by atoms with Crippen molar-refractivity contribution in [2.45, 2.75) is 70.0 Å². The lowest BCUT2D eigenvalue weighted by molar-refractivity contribution is -0.129. The van der Waals surface area contributed by atoms with E-state index < -0.39 is 22.1 Å². The quantitative estimate of drug-likeness (QED) is 0.745. The smallest absolute Gasteiger partial charge is 0.338 e. The normalized spacial score (nSPS) is 19.5. The number of benzene rings is 1. The maximum absolute atomic E-state index is 12.8. The first-order valence-corrected chi connectivity index (χ1v) is 10.7. The summed E-state index contributed by atoms with van der Waals surface area (Å²) in [5.41, 5.74) is 0.199. The Morgan fingerprint density at radius 3 is 2.33 bits per heavy atom. The average Bonchev–Trinajstić information content (AvgIpc) is 2.61. The molecule has 1 aliphatic heterocycles. The predicted octanol–water partition coefficient (Wildman–Crippen LogP) is 2.32. The van der Waals surface area contributed by atoms with Crippen molar-refractivity contribution >= 4 is 21.9 Å². The molecule has 2 rings (SSSR count). The van der Waals surface area contributed by atoms with Crippen molar-refractivity contribution in [3.05, 3.63) is 29.8 Å². The summed E-state index contributed by atoms with van der Waals surface area (Å²) in [6.45, 7) is 7.54. The van der Waals surface area contributed by atoms with Crippen molar-refractivity contribution in [2.75, 3.05) is 6.54 Å². The van der Waals surface area contributed by atoms with Gasteiger partial charge in [-0.05, 0) is 64.8 Å². The monoisotopic (exact) mass is 396 g/mol. The van der Waals surface area contributed by atoms with Crippen molar-refractivity contribution in [3.8, 4) is 0 Å². The fourth-order valence-electron chi connectivity index (χ4n) is 3.01. The number of hydrogen-bond acceptors (Lipinski definition) is 5. The van der Waals surface area contributed by atoms with Gasteiger partial charge in [0, 0.05) is 18.6 Å². The molecule has 27 heavy (non-hydrogen) atoms. The maximum Gasteiger partial charge on any atom is 0.338 e. The van der Waals surface area contributed by atoms with Crippen LogP contribution in [0.5, 0.6) is 0 Å². The summed E-state index contributed by atoms with van der Waals surface area (Å²) in [6.07, 6.45) is 1.79. The fourth-order valence-corrected chi connectivity index (χ4v) is 4.71. The highest BCUT2D eigenvalue weighted by Crippen LogP contribution is 2.25. The van der Waals surface area contributed by atoms with Gasteiger partial charge in [0.05, 0.1) is 10.5 Å². The van der Waals surface area contributed by atoms with Gasteiger partial charge in [0.1, 0.15) is 0 Å². The number of ether oxygens (including phenoxy) is 1. The topological polar surface area (TPSA) is 92.8 Å². The van der Waals surface area contributed by atoms with Crippen molar-refractivity contribution in [3.63, 3.8) is 0 Å².